The number of hydrogen-bond donors (Lipinski definition) is 1. The molecule has 2 fully saturated rings. The number of rotatable bonds is 4. The summed E-state index contributed by atoms with van der Waals surface area (Å²) in [5.41, 5.74) is 1.07. The van der Waals surface area contributed by atoms with Gasteiger partial charge in [-0.2, -0.15) is 0 Å². The molecule has 0 spiro atoms. The summed E-state index contributed by atoms with van der Waals surface area (Å²) in [5, 5.41) is 6.69. The summed E-state index contributed by atoms with van der Waals surface area (Å²) in [7, 11) is 0. The second-order valence-electron chi connectivity index (χ2n) is 8.33. The number of hydrogen-bond acceptors (Lipinski definition) is 5. The van der Waals surface area contributed by atoms with Crippen molar-refractivity contribution >= 4 is 34.0 Å². The Hall–Kier alpha value is -1.69. The Bertz CT molecular complexity index is 817. The highest BCUT2D eigenvalue weighted by Crippen LogP contribution is 2.33. The Morgan fingerprint density at radius 2 is 1.86 bits per heavy atom. The molecule has 5 nitrogen and oxygen atoms in total. The maximum Gasteiger partial charge on any atom is 0.223 e. The van der Waals surface area contributed by atoms with Crippen molar-refractivity contribution in [2.24, 2.45) is 5.92 Å². The van der Waals surface area contributed by atoms with Crippen molar-refractivity contribution in [2.75, 3.05) is 18.0 Å². The number of fused-ring (bicyclic) bond motifs is 1. The fourth-order valence-corrected chi connectivity index (χ4v) is 5.39. The van der Waals surface area contributed by atoms with Crippen LogP contribution in [0.1, 0.15) is 69.0 Å². The van der Waals surface area contributed by atoms with Crippen LogP contribution in [0.3, 0.4) is 0 Å². The van der Waals surface area contributed by atoms with Crippen LogP contribution in [0, 0.1) is 12.8 Å². The number of aromatic nitrogens is 2. The van der Waals surface area contributed by atoms with E-state index in [4.69, 9.17) is 9.97 Å². The maximum absolute atomic E-state index is 12.8. The van der Waals surface area contributed by atoms with Gasteiger partial charge in [0.25, 0.3) is 0 Å². The molecule has 0 unspecified atom stereocenters. The number of nitrogens with one attached hydrogen (secondary N) is 1. The molecule has 1 saturated heterocycles. The van der Waals surface area contributed by atoms with Gasteiger partial charge in [-0.15, -0.1) is 11.3 Å². The van der Waals surface area contributed by atoms with E-state index in [2.05, 4.69) is 29.4 Å². The highest BCUT2D eigenvalue weighted by Gasteiger charge is 2.28. The summed E-state index contributed by atoms with van der Waals surface area (Å²) < 4.78 is 0. The van der Waals surface area contributed by atoms with E-state index in [1.165, 1.54) is 35.9 Å². The molecule has 1 saturated carbocycles. The SMILES string of the molecule is CCc1nc(N2CCC(C(=O)NC3CCCCCC3)CC2)c2c(C)scc2n1. The average molecular weight is 401 g/mol. The second-order valence-corrected chi connectivity index (χ2v) is 9.41. The van der Waals surface area contributed by atoms with E-state index < -0.39 is 0 Å². The first-order valence-electron chi connectivity index (χ1n) is 11.0. The van der Waals surface area contributed by atoms with Crippen LogP contribution in [0.4, 0.5) is 5.82 Å². The molecule has 0 radical (unpaired) electrons. The van der Waals surface area contributed by atoms with Crippen LogP contribution in [0.2, 0.25) is 0 Å². The van der Waals surface area contributed by atoms with Crippen LogP contribution in [-0.4, -0.2) is 35.0 Å². The zero-order valence-electron chi connectivity index (χ0n) is 17.2. The molecule has 28 heavy (non-hydrogen) atoms. The quantitative estimate of drug-likeness (QED) is 0.761. The first-order valence-corrected chi connectivity index (χ1v) is 11.8. The Labute approximate surface area is 171 Å². The summed E-state index contributed by atoms with van der Waals surface area (Å²) in [5.74, 6) is 2.41. The van der Waals surface area contributed by atoms with Crippen LogP contribution in [0.5, 0.6) is 0 Å². The number of piperidine rings is 1. The molecule has 1 amide bonds. The number of aryl methyl sites for hydroxylation is 2. The Morgan fingerprint density at radius 1 is 1.14 bits per heavy atom. The van der Waals surface area contributed by atoms with Crippen molar-refractivity contribution in [3.05, 3.63) is 16.1 Å². The summed E-state index contributed by atoms with van der Waals surface area (Å²) in [4.78, 5) is 26.0. The second kappa shape index (κ2) is 8.76. The van der Waals surface area contributed by atoms with Gasteiger partial charge < -0.3 is 10.2 Å². The highest BCUT2D eigenvalue weighted by atomic mass is 32.1. The van der Waals surface area contributed by atoms with E-state index in [0.717, 1.165) is 62.4 Å². The van der Waals surface area contributed by atoms with Crippen molar-refractivity contribution < 1.29 is 4.79 Å². The van der Waals surface area contributed by atoms with Crippen molar-refractivity contribution in [3.63, 3.8) is 0 Å². The molecule has 2 aliphatic rings. The molecule has 152 valence electrons. The molecule has 2 aromatic rings. The summed E-state index contributed by atoms with van der Waals surface area (Å²) >= 11 is 1.75. The molecular weight excluding hydrogens is 368 g/mol. The maximum atomic E-state index is 12.8. The minimum Gasteiger partial charge on any atom is -0.356 e. The average Bonchev–Trinajstić information content (AvgIpc) is 2.92. The third-order valence-electron chi connectivity index (χ3n) is 6.35. The fourth-order valence-electron chi connectivity index (χ4n) is 4.62. The summed E-state index contributed by atoms with van der Waals surface area (Å²) in [6, 6.07) is 0.398. The lowest BCUT2D eigenvalue weighted by molar-refractivity contribution is -0.126. The van der Waals surface area contributed by atoms with Crippen molar-refractivity contribution in [2.45, 2.75) is 77.7 Å². The molecule has 2 aromatic heterocycles. The van der Waals surface area contributed by atoms with E-state index in [1.54, 1.807) is 11.3 Å². The molecular formula is C22H32N4OS. The zero-order valence-corrected chi connectivity index (χ0v) is 18.0. The largest absolute Gasteiger partial charge is 0.356 e. The predicted molar refractivity (Wildman–Crippen MR) is 116 cm³/mol. The van der Waals surface area contributed by atoms with Gasteiger partial charge in [0.15, 0.2) is 0 Å². The lowest BCUT2D eigenvalue weighted by atomic mass is 9.95. The van der Waals surface area contributed by atoms with Crippen LogP contribution in [0.15, 0.2) is 5.38 Å². The Kier molecular flexibility index (Phi) is 6.14. The smallest absolute Gasteiger partial charge is 0.223 e. The van der Waals surface area contributed by atoms with Gasteiger partial charge in [0, 0.05) is 41.7 Å². The topological polar surface area (TPSA) is 58.1 Å². The van der Waals surface area contributed by atoms with Crippen LogP contribution >= 0.6 is 11.3 Å². The van der Waals surface area contributed by atoms with Gasteiger partial charge in [0.05, 0.1) is 10.9 Å². The third kappa shape index (κ3) is 4.17. The third-order valence-corrected chi connectivity index (χ3v) is 7.25. The van der Waals surface area contributed by atoms with Crippen LogP contribution in [0.25, 0.3) is 10.9 Å². The van der Waals surface area contributed by atoms with Gasteiger partial charge in [0.1, 0.15) is 11.6 Å². The lowest BCUT2D eigenvalue weighted by Crippen LogP contribution is -2.44. The van der Waals surface area contributed by atoms with E-state index in [0.29, 0.717) is 6.04 Å². The number of anilines is 1. The van der Waals surface area contributed by atoms with Gasteiger partial charge in [-0.1, -0.05) is 32.6 Å². The minimum atomic E-state index is 0.144. The first-order chi connectivity index (χ1) is 13.7. The minimum absolute atomic E-state index is 0.144. The first kappa shape index (κ1) is 19.6. The fraction of sp³-hybridized carbons (Fsp3) is 0.682. The number of carbonyl (C=O) groups excluding carboxylic acids is 1. The molecule has 1 aliphatic heterocycles. The predicted octanol–water partition coefficient (Wildman–Crippen LogP) is 4.62. The van der Waals surface area contributed by atoms with E-state index in [1.807, 2.05) is 0 Å². The highest BCUT2D eigenvalue weighted by molar-refractivity contribution is 7.11. The number of thiophene rings is 1. The van der Waals surface area contributed by atoms with Gasteiger partial charge in [0.2, 0.25) is 5.91 Å². The standard InChI is InChI=1S/C22H32N4OS/c1-3-19-24-18-14-28-15(2)20(18)21(25-19)26-12-10-16(11-13-26)22(27)23-17-8-6-4-5-7-9-17/h14,16-17H,3-13H2,1-2H3,(H,23,27). The Balaban J connectivity index is 1.42. The molecule has 6 heteroatoms. The normalized spacial score (nSPS) is 19.7. The number of carbonyl (C=O) groups is 1. The van der Waals surface area contributed by atoms with Crippen molar-refractivity contribution in [3.8, 4) is 0 Å². The van der Waals surface area contributed by atoms with Gasteiger partial charge >= 0.3 is 0 Å². The molecule has 3 heterocycles. The van der Waals surface area contributed by atoms with E-state index >= 15 is 0 Å². The molecule has 0 aromatic carbocycles. The van der Waals surface area contributed by atoms with Crippen molar-refractivity contribution in [1.82, 2.24) is 15.3 Å². The van der Waals surface area contributed by atoms with E-state index in [-0.39, 0.29) is 11.8 Å². The molecule has 1 aliphatic carbocycles. The van der Waals surface area contributed by atoms with E-state index in [9.17, 15) is 4.79 Å². The molecule has 0 atom stereocenters. The Morgan fingerprint density at radius 3 is 2.54 bits per heavy atom. The van der Waals surface area contributed by atoms with Gasteiger partial charge in [-0.05, 0) is 32.6 Å². The van der Waals surface area contributed by atoms with Gasteiger partial charge in [-0.3, -0.25) is 4.79 Å². The molecule has 1 N–H and O–H groups in total. The monoisotopic (exact) mass is 400 g/mol. The zero-order chi connectivity index (χ0) is 19.5. The molecule has 0 bridgehead atoms. The molecule has 4 rings (SSSR count). The van der Waals surface area contributed by atoms with Crippen molar-refractivity contribution in [1.29, 1.82) is 0 Å². The summed E-state index contributed by atoms with van der Waals surface area (Å²) in [6.07, 6.45) is 10.1. The summed E-state index contributed by atoms with van der Waals surface area (Å²) in [6.45, 7) is 6.05. The van der Waals surface area contributed by atoms with Crippen LogP contribution in [-0.2, 0) is 11.2 Å². The van der Waals surface area contributed by atoms with Gasteiger partial charge in [-0.25, -0.2) is 9.97 Å². The lowest BCUT2D eigenvalue weighted by Gasteiger charge is -2.33. The number of nitrogens with zero attached hydrogens (tertiary/aromatic N) is 3. The number of amides is 1. The van der Waals surface area contributed by atoms with Crippen LogP contribution < -0.4 is 10.2 Å².